The van der Waals surface area contributed by atoms with Crippen LogP contribution in [0, 0.1) is 5.82 Å². The van der Waals surface area contributed by atoms with Crippen LogP contribution < -0.4 is 0 Å². The maximum atomic E-state index is 13.2. The fourth-order valence-electron chi connectivity index (χ4n) is 2.82. The number of nitrogens with one attached hydrogen (secondary N) is 1. The summed E-state index contributed by atoms with van der Waals surface area (Å²) in [6.45, 7) is 3.91. The van der Waals surface area contributed by atoms with Crippen LogP contribution in [0.1, 0.15) is 23.8 Å². The van der Waals surface area contributed by atoms with E-state index in [4.69, 9.17) is 0 Å². The van der Waals surface area contributed by atoms with Crippen LogP contribution >= 0.6 is 0 Å². The predicted molar refractivity (Wildman–Crippen MR) is 81.0 cm³/mol. The van der Waals surface area contributed by atoms with E-state index in [1.165, 1.54) is 12.1 Å². The highest BCUT2D eigenvalue weighted by molar-refractivity contribution is 5.99. The molecule has 0 radical (unpaired) electrons. The summed E-state index contributed by atoms with van der Waals surface area (Å²) in [4.78, 5) is 31.0. The van der Waals surface area contributed by atoms with Crippen LogP contribution in [0.4, 0.5) is 4.39 Å². The monoisotopic (exact) mass is 303 g/mol. The topological polar surface area (TPSA) is 56.4 Å². The van der Waals surface area contributed by atoms with Gasteiger partial charge in [0.05, 0.1) is 0 Å². The van der Waals surface area contributed by atoms with Crippen molar-refractivity contribution in [1.29, 1.82) is 0 Å². The first-order valence-electron chi connectivity index (χ1n) is 7.44. The first-order chi connectivity index (χ1) is 10.6. The van der Waals surface area contributed by atoms with Gasteiger partial charge in [0.25, 0.3) is 5.91 Å². The summed E-state index contributed by atoms with van der Waals surface area (Å²) >= 11 is 0. The van der Waals surface area contributed by atoms with Crippen LogP contribution in [0.5, 0.6) is 0 Å². The molecule has 2 amide bonds. The van der Waals surface area contributed by atoms with Crippen molar-refractivity contribution >= 4 is 22.7 Å². The third-order valence-corrected chi connectivity index (χ3v) is 4.02. The molecule has 2 aromatic rings. The van der Waals surface area contributed by atoms with E-state index in [9.17, 15) is 14.0 Å². The zero-order valence-corrected chi connectivity index (χ0v) is 12.4. The van der Waals surface area contributed by atoms with E-state index in [0.29, 0.717) is 36.2 Å². The number of aromatic nitrogens is 1. The molecule has 1 aliphatic heterocycles. The molecule has 3 rings (SSSR count). The Morgan fingerprint density at radius 2 is 2.14 bits per heavy atom. The summed E-state index contributed by atoms with van der Waals surface area (Å²) in [5, 5.41) is 0.652. The summed E-state index contributed by atoms with van der Waals surface area (Å²) in [7, 11) is 0. The second-order valence-electron chi connectivity index (χ2n) is 5.47. The maximum absolute atomic E-state index is 13.2. The van der Waals surface area contributed by atoms with Gasteiger partial charge in [0.1, 0.15) is 18.1 Å². The van der Waals surface area contributed by atoms with Crippen molar-refractivity contribution in [3.05, 3.63) is 35.8 Å². The molecule has 0 bridgehead atoms. The molecular formula is C16H18FN3O2. The number of carbonyl (C=O) groups excluding carboxylic acids is 2. The van der Waals surface area contributed by atoms with Crippen LogP contribution in [0.3, 0.4) is 0 Å². The molecular weight excluding hydrogens is 285 g/mol. The van der Waals surface area contributed by atoms with Crippen LogP contribution in [0.25, 0.3) is 10.9 Å². The molecule has 0 saturated carbocycles. The van der Waals surface area contributed by atoms with Gasteiger partial charge >= 0.3 is 0 Å². The number of nitrogens with zero attached hydrogens (tertiary/aromatic N) is 2. The summed E-state index contributed by atoms with van der Waals surface area (Å²) in [6, 6.07) is 5.97. The van der Waals surface area contributed by atoms with Gasteiger partial charge in [-0.3, -0.25) is 9.59 Å². The average molecular weight is 303 g/mol. The molecule has 6 heteroatoms. The summed E-state index contributed by atoms with van der Waals surface area (Å²) in [6.07, 6.45) is 0.764. The van der Waals surface area contributed by atoms with Gasteiger partial charge in [-0.25, -0.2) is 4.39 Å². The lowest BCUT2D eigenvalue weighted by Crippen LogP contribution is -2.39. The number of amides is 2. The number of likely N-dealkylation sites (N-methyl/N-ethyl adjacent to an activating group) is 1. The molecule has 2 heterocycles. The number of aromatic amines is 1. The minimum Gasteiger partial charge on any atom is -0.351 e. The lowest BCUT2D eigenvalue weighted by molar-refractivity contribution is -0.130. The van der Waals surface area contributed by atoms with Crippen LogP contribution in [0.2, 0.25) is 0 Å². The second-order valence-corrected chi connectivity index (χ2v) is 5.47. The molecule has 0 atom stereocenters. The van der Waals surface area contributed by atoms with Crippen molar-refractivity contribution < 1.29 is 14.0 Å². The number of H-pyrrole nitrogens is 1. The normalized spacial score (nSPS) is 16.2. The number of rotatable bonds is 2. The standard InChI is InChI=1S/C16H18FN3O2/c1-2-19-6-3-7-20(10-15(19)21)16(22)14-9-11-8-12(17)4-5-13(11)18-14/h4-5,8-9,18H,2-3,6-7,10H2,1H3. The largest absolute Gasteiger partial charge is 0.351 e. The fraction of sp³-hybridized carbons (Fsp3) is 0.375. The number of benzene rings is 1. The molecule has 0 spiro atoms. The van der Waals surface area contributed by atoms with Crippen LogP contribution in [0.15, 0.2) is 24.3 Å². The van der Waals surface area contributed by atoms with Gasteiger partial charge in [-0.15, -0.1) is 0 Å². The zero-order valence-electron chi connectivity index (χ0n) is 12.4. The van der Waals surface area contributed by atoms with Crippen molar-refractivity contribution in [1.82, 2.24) is 14.8 Å². The van der Waals surface area contributed by atoms with Crippen molar-refractivity contribution in [3.8, 4) is 0 Å². The van der Waals surface area contributed by atoms with E-state index in [-0.39, 0.29) is 24.2 Å². The van der Waals surface area contributed by atoms with Gasteiger partial charge < -0.3 is 14.8 Å². The molecule has 1 fully saturated rings. The Morgan fingerprint density at radius 1 is 1.32 bits per heavy atom. The van der Waals surface area contributed by atoms with Crippen molar-refractivity contribution in [2.75, 3.05) is 26.2 Å². The Hall–Kier alpha value is -2.37. The molecule has 1 aromatic heterocycles. The molecule has 0 aliphatic carbocycles. The molecule has 1 N–H and O–H groups in total. The van der Waals surface area contributed by atoms with Gasteiger partial charge in [0.2, 0.25) is 5.91 Å². The lowest BCUT2D eigenvalue weighted by Gasteiger charge is -2.20. The fourth-order valence-corrected chi connectivity index (χ4v) is 2.82. The van der Waals surface area contributed by atoms with E-state index in [2.05, 4.69) is 4.98 Å². The van der Waals surface area contributed by atoms with E-state index in [1.807, 2.05) is 6.92 Å². The SMILES string of the molecule is CCN1CCCN(C(=O)c2cc3cc(F)ccc3[nH]2)CC1=O. The summed E-state index contributed by atoms with van der Waals surface area (Å²) in [5.41, 5.74) is 1.10. The molecule has 1 aromatic carbocycles. The predicted octanol–water partition coefficient (Wildman–Crippen LogP) is 2.00. The number of fused-ring (bicyclic) bond motifs is 1. The van der Waals surface area contributed by atoms with Gasteiger partial charge in [-0.2, -0.15) is 0 Å². The smallest absolute Gasteiger partial charge is 0.270 e. The first-order valence-corrected chi connectivity index (χ1v) is 7.44. The second kappa shape index (κ2) is 5.79. The van der Waals surface area contributed by atoms with E-state index in [1.54, 1.807) is 21.9 Å². The molecule has 1 saturated heterocycles. The van der Waals surface area contributed by atoms with Gasteiger partial charge in [-0.1, -0.05) is 0 Å². The number of hydrogen-bond acceptors (Lipinski definition) is 2. The average Bonchev–Trinajstić information content (AvgIpc) is 2.82. The number of halogens is 1. The summed E-state index contributed by atoms with van der Waals surface area (Å²) in [5.74, 6) is -0.590. The highest BCUT2D eigenvalue weighted by Crippen LogP contribution is 2.18. The van der Waals surface area contributed by atoms with Gasteiger partial charge in [0, 0.05) is 30.5 Å². The van der Waals surface area contributed by atoms with Crippen molar-refractivity contribution in [3.63, 3.8) is 0 Å². The van der Waals surface area contributed by atoms with E-state index < -0.39 is 0 Å². The van der Waals surface area contributed by atoms with E-state index in [0.717, 1.165) is 6.42 Å². The van der Waals surface area contributed by atoms with Crippen LogP contribution in [-0.4, -0.2) is 52.8 Å². The minimum atomic E-state index is -0.339. The molecule has 116 valence electrons. The maximum Gasteiger partial charge on any atom is 0.270 e. The van der Waals surface area contributed by atoms with Gasteiger partial charge in [0.15, 0.2) is 0 Å². The molecule has 1 aliphatic rings. The lowest BCUT2D eigenvalue weighted by atomic mass is 10.2. The third-order valence-electron chi connectivity index (χ3n) is 4.02. The minimum absolute atomic E-state index is 0.0319. The third kappa shape index (κ3) is 2.68. The van der Waals surface area contributed by atoms with E-state index >= 15 is 0 Å². The van der Waals surface area contributed by atoms with Crippen molar-refractivity contribution in [2.45, 2.75) is 13.3 Å². The number of carbonyl (C=O) groups is 2. The Morgan fingerprint density at radius 3 is 2.91 bits per heavy atom. The Balaban J connectivity index is 1.84. The van der Waals surface area contributed by atoms with Gasteiger partial charge in [-0.05, 0) is 37.6 Å². The molecule has 5 nitrogen and oxygen atoms in total. The Bertz CT molecular complexity index is 725. The quantitative estimate of drug-likeness (QED) is 0.922. The van der Waals surface area contributed by atoms with Crippen molar-refractivity contribution in [2.24, 2.45) is 0 Å². The number of hydrogen-bond donors (Lipinski definition) is 1. The Kier molecular flexibility index (Phi) is 3.83. The summed E-state index contributed by atoms with van der Waals surface area (Å²) < 4.78 is 13.2. The van der Waals surface area contributed by atoms with Crippen LogP contribution in [-0.2, 0) is 4.79 Å². The highest BCUT2D eigenvalue weighted by atomic mass is 19.1. The molecule has 0 unspecified atom stereocenters. The zero-order chi connectivity index (χ0) is 15.7. The molecule has 22 heavy (non-hydrogen) atoms. The Labute approximate surface area is 127 Å². The highest BCUT2D eigenvalue weighted by Gasteiger charge is 2.25. The first kappa shape index (κ1) is 14.6.